The van der Waals surface area contributed by atoms with Gasteiger partial charge in [-0.3, -0.25) is 0 Å². The molecule has 0 N–H and O–H groups in total. The fraction of sp³-hybridized carbons (Fsp3) is 0.538. The van der Waals surface area contributed by atoms with Crippen molar-refractivity contribution in [2.75, 3.05) is 25.1 Å². The van der Waals surface area contributed by atoms with Crippen LogP contribution in [0.15, 0.2) is 17.0 Å². The van der Waals surface area contributed by atoms with Crippen molar-refractivity contribution in [2.45, 2.75) is 18.2 Å². The van der Waals surface area contributed by atoms with Crippen LogP contribution in [-0.2, 0) is 10.0 Å². The van der Waals surface area contributed by atoms with E-state index in [1.807, 2.05) is 6.26 Å². The van der Waals surface area contributed by atoms with Crippen LogP contribution in [0.2, 0.25) is 0 Å². The van der Waals surface area contributed by atoms with E-state index in [2.05, 4.69) is 0 Å². The molecule has 112 valence electrons. The number of hydrogen-bond donors (Lipinski definition) is 0. The largest absolute Gasteiger partial charge is 0.246 e. The van der Waals surface area contributed by atoms with Gasteiger partial charge in [-0.15, -0.1) is 0 Å². The zero-order chi connectivity index (χ0) is 14.9. The maximum absolute atomic E-state index is 13.8. The lowest BCUT2D eigenvalue weighted by molar-refractivity contribution is 0.457. The van der Waals surface area contributed by atoms with Gasteiger partial charge < -0.3 is 0 Å². The lowest BCUT2D eigenvalue weighted by Gasteiger charge is -2.17. The topological polar surface area (TPSA) is 37.4 Å². The number of halogens is 2. The van der Waals surface area contributed by atoms with Crippen molar-refractivity contribution in [1.29, 1.82) is 0 Å². The van der Waals surface area contributed by atoms with Crippen molar-refractivity contribution < 1.29 is 17.2 Å². The molecule has 20 heavy (non-hydrogen) atoms. The first-order valence-corrected chi connectivity index (χ1v) is 9.14. The van der Waals surface area contributed by atoms with Gasteiger partial charge in [-0.25, -0.2) is 17.2 Å². The Morgan fingerprint density at radius 1 is 1.35 bits per heavy atom. The Balaban J connectivity index is 2.30. The van der Waals surface area contributed by atoms with Crippen molar-refractivity contribution in [3.8, 4) is 0 Å². The summed E-state index contributed by atoms with van der Waals surface area (Å²) in [6.45, 7) is 2.14. The first kappa shape index (κ1) is 15.7. The van der Waals surface area contributed by atoms with E-state index in [-0.39, 0.29) is 11.5 Å². The number of aryl methyl sites for hydroxylation is 1. The average Bonchev–Trinajstić information content (AvgIpc) is 2.83. The fourth-order valence-corrected chi connectivity index (χ4v) is 4.68. The molecule has 1 heterocycles. The van der Waals surface area contributed by atoms with Crippen molar-refractivity contribution in [3.05, 3.63) is 29.3 Å². The summed E-state index contributed by atoms with van der Waals surface area (Å²) in [5, 5.41) is 0. The standard InChI is InChI=1S/C13H17F2NO2S2/c1-9-5-12(15)13(6-11(9)14)20(17,18)16-4-3-10(7-16)8-19-2/h5-6,10H,3-4,7-8H2,1-2H3/t10-/m1/s1. The monoisotopic (exact) mass is 321 g/mol. The molecule has 1 atom stereocenters. The number of nitrogens with zero attached hydrogens (tertiary/aromatic N) is 1. The van der Waals surface area contributed by atoms with Crippen LogP contribution in [0.25, 0.3) is 0 Å². The van der Waals surface area contributed by atoms with E-state index in [0.29, 0.717) is 13.1 Å². The van der Waals surface area contributed by atoms with E-state index in [1.54, 1.807) is 11.8 Å². The fourth-order valence-electron chi connectivity index (χ4n) is 2.35. The third-order valence-electron chi connectivity index (χ3n) is 3.48. The van der Waals surface area contributed by atoms with E-state index in [1.165, 1.54) is 11.2 Å². The minimum Gasteiger partial charge on any atom is -0.207 e. The molecule has 0 aromatic heterocycles. The van der Waals surface area contributed by atoms with Gasteiger partial charge in [0, 0.05) is 13.1 Å². The smallest absolute Gasteiger partial charge is 0.207 e. The quantitative estimate of drug-likeness (QED) is 0.855. The van der Waals surface area contributed by atoms with E-state index in [9.17, 15) is 17.2 Å². The second-order valence-corrected chi connectivity index (χ2v) is 7.82. The molecule has 1 saturated heterocycles. The van der Waals surface area contributed by atoms with Crippen LogP contribution < -0.4 is 0 Å². The molecule has 0 saturated carbocycles. The van der Waals surface area contributed by atoms with Crippen LogP contribution in [0, 0.1) is 24.5 Å². The summed E-state index contributed by atoms with van der Waals surface area (Å²) in [6.07, 6.45) is 2.72. The minimum absolute atomic E-state index is 0.100. The highest BCUT2D eigenvalue weighted by Crippen LogP contribution is 2.28. The Morgan fingerprint density at radius 3 is 2.70 bits per heavy atom. The number of sulfonamides is 1. The number of thioether (sulfide) groups is 1. The van der Waals surface area contributed by atoms with Crippen molar-refractivity contribution in [1.82, 2.24) is 4.31 Å². The van der Waals surface area contributed by atoms with Gasteiger partial charge >= 0.3 is 0 Å². The van der Waals surface area contributed by atoms with Gasteiger partial charge in [0.25, 0.3) is 0 Å². The molecular formula is C13H17F2NO2S2. The van der Waals surface area contributed by atoms with Gasteiger partial charge in [0.1, 0.15) is 16.5 Å². The highest BCUT2D eigenvalue weighted by Gasteiger charge is 2.34. The molecule has 3 nitrogen and oxygen atoms in total. The second kappa shape index (κ2) is 5.99. The molecule has 1 aromatic carbocycles. The Kier molecular flexibility index (Phi) is 4.71. The van der Waals surface area contributed by atoms with Crippen LogP contribution in [-0.4, -0.2) is 37.8 Å². The molecule has 1 aliphatic heterocycles. The van der Waals surface area contributed by atoms with Gasteiger partial charge in [-0.1, -0.05) is 0 Å². The van der Waals surface area contributed by atoms with Gasteiger partial charge in [-0.2, -0.15) is 16.1 Å². The molecule has 0 amide bonds. The summed E-state index contributed by atoms with van der Waals surface area (Å²) in [7, 11) is -3.95. The third kappa shape index (κ3) is 2.99. The Labute approximate surface area is 122 Å². The molecule has 0 unspecified atom stereocenters. The summed E-state index contributed by atoms with van der Waals surface area (Å²) >= 11 is 1.66. The van der Waals surface area contributed by atoms with Crippen LogP contribution in [0.5, 0.6) is 0 Å². The van der Waals surface area contributed by atoms with Crippen LogP contribution >= 0.6 is 11.8 Å². The van der Waals surface area contributed by atoms with Gasteiger partial charge in [-0.05, 0) is 49.0 Å². The van der Waals surface area contributed by atoms with E-state index in [0.717, 1.165) is 24.3 Å². The minimum atomic E-state index is -3.95. The molecule has 7 heteroatoms. The first-order chi connectivity index (χ1) is 9.36. The first-order valence-electron chi connectivity index (χ1n) is 6.31. The maximum Gasteiger partial charge on any atom is 0.246 e. The lowest BCUT2D eigenvalue weighted by atomic mass is 10.2. The Bertz CT molecular complexity index is 605. The summed E-state index contributed by atoms with van der Waals surface area (Å²) in [5.41, 5.74) is 0.100. The number of benzene rings is 1. The van der Waals surface area contributed by atoms with Crippen molar-refractivity contribution >= 4 is 21.8 Å². The maximum atomic E-state index is 13.8. The highest BCUT2D eigenvalue weighted by atomic mass is 32.2. The van der Waals surface area contributed by atoms with Crippen LogP contribution in [0.1, 0.15) is 12.0 Å². The molecule has 0 spiro atoms. The number of rotatable bonds is 4. The molecular weight excluding hydrogens is 304 g/mol. The summed E-state index contributed by atoms with van der Waals surface area (Å²) in [6, 6.07) is 1.71. The predicted octanol–water partition coefficient (Wildman–Crippen LogP) is 2.65. The van der Waals surface area contributed by atoms with E-state index >= 15 is 0 Å². The Morgan fingerprint density at radius 2 is 2.05 bits per heavy atom. The van der Waals surface area contributed by atoms with Crippen LogP contribution in [0.4, 0.5) is 8.78 Å². The van der Waals surface area contributed by atoms with E-state index in [4.69, 9.17) is 0 Å². The van der Waals surface area contributed by atoms with E-state index < -0.39 is 26.6 Å². The molecule has 1 aromatic rings. The summed E-state index contributed by atoms with van der Waals surface area (Å²) in [4.78, 5) is -0.564. The molecule has 2 rings (SSSR count). The van der Waals surface area contributed by atoms with Crippen molar-refractivity contribution in [2.24, 2.45) is 5.92 Å². The molecule has 0 radical (unpaired) electrons. The molecule has 1 fully saturated rings. The average molecular weight is 321 g/mol. The van der Waals surface area contributed by atoms with Gasteiger partial charge in [0.05, 0.1) is 0 Å². The van der Waals surface area contributed by atoms with Gasteiger partial charge in [0.15, 0.2) is 0 Å². The number of hydrogen-bond acceptors (Lipinski definition) is 3. The SMILES string of the molecule is CSC[C@@H]1CCN(S(=O)(=O)c2cc(F)c(C)cc2F)C1. The van der Waals surface area contributed by atoms with Gasteiger partial charge in [0.2, 0.25) is 10.0 Å². The van der Waals surface area contributed by atoms with Crippen molar-refractivity contribution in [3.63, 3.8) is 0 Å². The third-order valence-corrected chi connectivity index (χ3v) is 6.17. The molecule has 1 aliphatic rings. The Hall–Kier alpha value is -0.660. The molecule has 0 bridgehead atoms. The zero-order valence-corrected chi connectivity index (χ0v) is 13.0. The van der Waals surface area contributed by atoms with Crippen LogP contribution in [0.3, 0.4) is 0 Å². The molecule has 0 aliphatic carbocycles. The normalized spacial score (nSPS) is 20.5. The predicted molar refractivity (Wildman–Crippen MR) is 76.3 cm³/mol. The summed E-state index contributed by atoms with van der Waals surface area (Å²) < 4.78 is 53.4. The lowest BCUT2D eigenvalue weighted by Crippen LogP contribution is -2.30. The second-order valence-electron chi connectivity index (χ2n) is 5.00. The zero-order valence-electron chi connectivity index (χ0n) is 11.4. The highest BCUT2D eigenvalue weighted by molar-refractivity contribution is 7.98. The summed E-state index contributed by atoms with van der Waals surface area (Å²) in [5.74, 6) is -0.447.